The van der Waals surface area contributed by atoms with Crippen LogP contribution in [0, 0.1) is 18.6 Å². The molecule has 0 spiro atoms. The molecule has 1 unspecified atom stereocenters. The Hall–Kier alpha value is -4.70. The number of H-pyrrole nitrogens is 1. The average molecular weight is 634 g/mol. The normalized spacial score (nSPS) is 13.6. The van der Waals surface area contributed by atoms with E-state index in [9.17, 15) is 9.18 Å². The van der Waals surface area contributed by atoms with Crippen molar-refractivity contribution in [1.82, 2.24) is 15.3 Å². The molecule has 2 aromatic carbocycles. The largest absolute Gasteiger partial charge is 0.495 e. The number of hydrogen-bond donors (Lipinski definition) is 3. The van der Waals surface area contributed by atoms with Gasteiger partial charge in [-0.25, -0.2) is 13.8 Å². The molecule has 4 N–H and O–H groups in total. The Morgan fingerprint density at radius 3 is 2.71 bits per heavy atom. The summed E-state index contributed by atoms with van der Waals surface area (Å²) in [5.74, 6) is -1.37. The highest BCUT2D eigenvalue weighted by Gasteiger charge is 2.24. The lowest BCUT2D eigenvalue weighted by molar-refractivity contribution is 0.337. The van der Waals surface area contributed by atoms with Crippen molar-refractivity contribution in [2.75, 3.05) is 26.0 Å². The zero-order chi connectivity index (χ0) is 32.2. The molecule has 1 atom stereocenters. The van der Waals surface area contributed by atoms with E-state index in [1.165, 1.54) is 12.1 Å². The summed E-state index contributed by atoms with van der Waals surface area (Å²) in [5.41, 5.74) is 10.6. The van der Waals surface area contributed by atoms with Crippen LogP contribution in [0.15, 0.2) is 65.0 Å². The molecule has 8 nitrogen and oxygen atoms in total. The summed E-state index contributed by atoms with van der Waals surface area (Å²) < 4.78 is 40.6. The fraction of sp³-hybridized carbons (Fsp3) is 0.265. The van der Waals surface area contributed by atoms with Crippen LogP contribution >= 0.6 is 11.6 Å². The van der Waals surface area contributed by atoms with Gasteiger partial charge in [-0.1, -0.05) is 18.2 Å². The van der Waals surface area contributed by atoms with Crippen LogP contribution in [0.5, 0.6) is 11.5 Å². The van der Waals surface area contributed by atoms with Gasteiger partial charge in [0.05, 0.1) is 36.2 Å². The van der Waals surface area contributed by atoms with E-state index in [0.29, 0.717) is 52.4 Å². The molecule has 1 aliphatic rings. The van der Waals surface area contributed by atoms with Crippen LogP contribution in [0.25, 0.3) is 17.0 Å². The number of nitrogens with zero attached hydrogens (tertiary/aromatic N) is 2. The molecule has 45 heavy (non-hydrogen) atoms. The molecular weight excluding hydrogens is 600 g/mol. The average Bonchev–Trinajstić information content (AvgIpc) is 3.84. The second-order valence-corrected chi connectivity index (χ2v) is 11.2. The van der Waals surface area contributed by atoms with E-state index >= 15 is 4.39 Å². The first-order chi connectivity index (χ1) is 21.6. The van der Waals surface area contributed by atoms with Crippen molar-refractivity contribution < 1.29 is 18.3 Å². The van der Waals surface area contributed by atoms with Crippen molar-refractivity contribution in [1.29, 1.82) is 0 Å². The highest BCUT2D eigenvalue weighted by molar-refractivity contribution is 6.31. The minimum absolute atomic E-state index is 0.00816. The van der Waals surface area contributed by atoms with Crippen molar-refractivity contribution in [3.63, 3.8) is 0 Å². The summed E-state index contributed by atoms with van der Waals surface area (Å²) in [4.78, 5) is 24.4. The number of aryl methyl sites for hydroxylation is 1. The SMILES string of the molecule is C=C(NCC(c1cc[nH]c(=O)c1)c1cc(C)c(OCC)c(-c2cc(Cl)c(F)cc2F)n1)c1cc(C=NC2CC2)c(N)c(OC)c1. The van der Waals surface area contributed by atoms with E-state index in [1.807, 2.05) is 19.1 Å². The monoisotopic (exact) mass is 633 g/mol. The maximum absolute atomic E-state index is 15.2. The highest BCUT2D eigenvalue weighted by Crippen LogP contribution is 2.38. The fourth-order valence-electron chi connectivity index (χ4n) is 4.98. The van der Waals surface area contributed by atoms with E-state index < -0.39 is 17.6 Å². The molecule has 2 aromatic heterocycles. The Morgan fingerprint density at radius 1 is 1.24 bits per heavy atom. The van der Waals surface area contributed by atoms with Gasteiger partial charge in [0.25, 0.3) is 0 Å². The zero-order valence-electron chi connectivity index (χ0n) is 25.2. The number of hydrogen-bond acceptors (Lipinski definition) is 7. The van der Waals surface area contributed by atoms with Crippen molar-refractivity contribution in [2.24, 2.45) is 4.99 Å². The number of halogens is 3. The number of ether oxygens (including phenoxy) is 2. The van der Waals surface area contributed by atoms with Crippen molar-refractivity contribution >= 4 is 29.2 Å². The van der Waals surface area contributed by atoms with Gasteiger partial charge in [0.1, 0.15) is 28.8 Å². The molecule has 234 valence electrons. The van der Waals surface area contributed by atoms with Gasteiger partial charge in [-0.05, 0) is 68.1 Å². The lowest BCUT2D eigenvalue weighted by atomic mass is 9.93. The summed E-state index contributed by atoms with van der Waals surface area (Å²) in [6, 6.07) is 11.0. The van der Waals surface area contributed by atoms with E-state index in [4.69, 9.17) is 31.8 Å². The van der Waals surface area contributed by atoms with E-state index in [0.717, 1.165) is 30.0 Å². The predicted molar refractivity (Wildman–Crippen MR) is 174 cm³/mol. The van der Waals surface area contributed by atoms with Crippen LogP contribution in [0.3, 0.4) is 0 Å². The number of aliphatic imine (C=N–C) groups is 1. The first kappa shape index (κ1) is 31.7. The molecule has 0 bridgehead atoms. The number of nitrogen functional groups attached to an aromatic ring is 1. The maximum Gasteiger partial charge on any atom is 0.248 e. The Bertz CT molecular complexity index is 1840. The molecule has 4 aromatic rings. The molecule has 1 fully saturated rings. The van der Waals surface area contributed by atoms with Gasteiger partial charge in [-0.3, -0.25) is 9.79 Å². The molecule has 1 aliphatic carbocycles. The summed E-state index contributed by atoms with van der Waals surface area (Å²) >= 11 is 6.05. The smallest absolute Gasteiger partial charge is 0.248 e. The van der Waals surface area contributed by atoms with Crippen molar-refractivity contribution in [3.05, 3.63) is 110 Å². The van der Waals surface area contributed by atoms with E-state index in [1.54, 1.807) is 38.6 Å². The van der Waals surface area contributed by atoms with Gasteiger partial charge in [-0.2, -0.15) is 0 Å². The Morgan fingerprint density at radius 2 is 2.02 bits per heavy atom. The van der Waals surface area contributed by atoms with Gasteiger partial charge in [0.15, 0.2) is 0 Å². The van der Waals surface area contributed by atoms with E-state index in [2.05, 4.69) is 21.9 Å². The number of rotatable bonds is 12. The second-order valence-electron chi connectivity index (χ2n) is 10.8. The third-order valence-electron chi connectivity index (χ3n) is 7.52. The molecule has 0 aliphatic heterocycles. The summed E-state index contributed by atoms with van der Waals surface area (Å²) in [5, 5.41) is 3.13. The van der Waals surface area contributed by atoms with Gasteiger partial charge in [-0.15, -0.1) is 0 Å². The number of benzene rings is 2. The lowest BCUT2D eigenvalue weighted by Gasteiger charge is -2.23. The third kappa shape index (κ3) is 7.17. The maximum atomic E-state index is 15.2. The summed E-state index contributed by atoms with van der Waals surface area (Å²) in [6.07, 6.45) is 5.44. The van der Waals surface area contributed by atoms with Crippen molar-refractivity contribution in [3.8, 4) is 22.8 Å². The minimum Gasteiger partial charge on any atom is -0.495 e. The van der Waals surface area contributed by atoms with Crippen LogP contribution in [0.1, 0.15) is 53.6 Å². The van der Waals surface area contributed by atoms with Gasteiger partial charge >= 0.3 is 0 Å². The van der Waals surface area contributed by atoms with E-state index in [-0.39, 0.29) is 28.4 Å². The minimum atomic E-state index is -0.880. The Balaban J connectivity index is 1.55. The van der Waals surface area contributed by atoms with Crippen LogP contribution < -0.4 is 26.1 Å². The molecular formula is C34H34ClF2N5O3. The zero-order valence-corrected chi connectivity index (χ0v) is 26.0. The number of nitrogens with two attached hydrogens (primary N) is 1. The van der Waals surface area contributed by atoms with Crippen molar-refractivity contribution in [2.45, 2.75) is 38.6 Å². The first-order valence-electron chi connectivity index (χ1n) is 14.5. The number of nitrogens with one attached hydrogen (secondary N) is 2. The first-order valence-corrected chi connectivity index (χ1v) is 14.9. The predicted octanol–water partition coefficient (Wildman–Crippen LogP) is 6.64. The van der Waals surface area contributed by atoms with Gasteiger partial charge in [0, 0.05) is 59.4 Å². The highest BCUT2D eigenvalue weighted by atomic mass is 35.5. The molecule has 0 amide bonds. The summed E-state index contributed by atoms with van der Waals surface area (Å²) in [6.45, 7) is 8.41. The molecule has 2 heterocycles. The lowest BCUT2D eigenvalue weighted by Crippen LogP contribution is -2.23. The number of anilines is 1. The third-order valence-corrected chi connectivity index (χ3v) is 7.81. The quantitative estimate of drug-likeness (QED) is 0.0915. The Kier molecular flexibility index (Phi) is 9.53. The standard InChI is InChI=1S/C34H34ClF2N5O3/c1-5-45-34-18(2)10-29(42-33(34)24-14-26(35)28(37)15-27(24)36)25(20-8-9-39-31(43)13-20)17-40-19(3)21-11-22(16-41-23-6-7-23)32(38)30(12-21)44-4/h8-16,23,25,40H,3,5-7,17,38H2,1-2,4H3,(H,39,43). The van der Waals surface area contributed by atoms with Crippen LogP contribution in [-0.2, 0) is 0 Å². The molecule has 11 heteroatoms. The number of aromatic nitrogens is 2. The fourth-order valence-corrected chi connectivity index (χ4v) is 5.15. The molecule has 5 rings (SSSR count). The van der Waals surface area contributed by atoms with Crippen LogP contribution in [-0.4, -0.2) is 42.5 Å². The van der Waals surface area contributed by atoms with Gasteiger partial charge < -0.3 is 25.5 Å². The molecule has 1 saturated carbocycles. The molecule has 0 saturated heterocycles. The topological polar surface area (TPSA) is 115 Å². The Labute approximate surface area is 265 Å². The number of methoxy groups -OCH3 is 1. The number of pyridine rings is 2. The molecule has 0 radical (unpaired) electrons. The van der Waals surface area contributed by atoms with Crippen LogP contribution in [0.2, 0.25) is 5.02 Å². The second kappa shape index (κ2) is 13.5. The summed E-state index contributed by atoms with van der Waals surface area (Å²) in [7, 11) is 1.55. The number of aromatic amines is 1. The van der Waals surface area contributed by atoms with Gasteiger partial charge in [0.2, 0.25) is 5.56 Å². The van der Waals surface area contributed by atoms with Crippen LogP contribution in [0.4, 0.5) is 14.5 Å².